The maximum atomic E-state index is 13.5. The molecule has 0 nitrogen and oxygen atoms in total. The first-order valence-electron chi connectivity index (χ1n) is 4.89. The molecule has 17 heavy (non-hydrogen) atoms. The second-order valence-electron chi connectivity index (χ2n) is 3.43. The molecule has 2 rings (SSSR count). The van der Waals surface area contributed by atoms with Gasteiger partial charge in [-0.15, -0.1) is 0 Å². The number of benzene rings is 2. The summed E-state index contributed by atoms with van der Waals surface area (Å²) in [6, 6.07) is 11.3. The van der Waals surface area contributed by atoms with Gasteiger partial charge < -0.3 is 0 Å². The minimum atomic E-state index is -0.828. The zero-order valence-corrected chi connectivity index (χ0v) is 8.58. The van der Waals surface area contributed by atoms with Crippen LogP contribution in [0, 0.1) is 11.6 Å². The minimum absolute atomic E-state index is 0. The first-order chi connectivity index (χ1) is 7.72. The smallest absolute Gasteiger partial charge is 0.166 e. The molecule has 0 amide bonds. The predicted molar refractivity (Wildman–Crippen MR) is 68.6 cm³/mol. The van der Waals surface area contributed by atoms with E-state index in [1.165, 1.54) is 6.07 Å². The van der Waals surface area contributed by atoms with Crippen LogP contribution in [0.1, 0.15) is 13.0 Å². The Morgan fingerprint density at radius 3 is 2.18 bits per heavy atom. The molecule has 0 aromatic heterocycles. The number of halogens is 2. The van der Waals surface area contributed by atoms with E-state index < -0.39 is 11.6 Å². The third kappa shape index (κ3) is 2.59. The highest BCUT2D eigenvalue weighted by molar-refractivity contribution is 5.66. The van der Waals surface area contributed by atoms with Gasteiger partial charge in [0.1, 0.15) is 0 Å². The Labute approximate surface area is 100 Å². The average molecular weight is 232 g/mol. The van der Waals surface area contributed by atoms with Gasteiger partial charge in [0.15, 0.2) is 11.6 Å². The van der Waals surface area contributed by atoms with Crippen LogP contribution in [0.2, 0.25) is 0 Å². The van der Waals surface area contributed by atoms with Crippen LogP contribution in [0.25, 0.3) is 17.2 Å². The van der Waals surface area contributed by atoms with Crippen molar-refractivity contribution in [3.63, 3.8) is 0 Å². The number of rotatable bonds is 2. The molecule has 0 radical (unpaired) electrons. The van der Waals surface area contributed by atoms with Gasteiger partial charge in [-0.05, 0) is 17.2 Å². The van der Waals surface area contributed by atoms with Gasteiger partial charge >= 0.3 is 0 Å². The van der Waals surface area contributed by atoms with Crippen molar-refractivity contribution in [1.82, 2.24) is 0 Å². The van der Waals surface area contributed by atoms with Crippen LogP contribution >= 0.6 is 0 Å². The van der Waals surface area contributed by atoms with Gasteiger partial charge in [-0.2, -0.15) is 0 Å². The second-order valence-corrected chi connectivity index (χ2v) is 3.43. The SMILES string of the molecule is C.C=Cc1ccc(-c2cccc(F)c2F)cc1. The van der Waals surface area contributed by atoms with Crippen LogP contribution in [-0.4, -0.2) is 0 Å². The summed E-state index contributed by atoms with van der Waals surface area (Å²) in [5, 5.41) is 0. The Balaban J connectivity index is 0.00000144. The summed E-state index contributed by atoms with van der Waals surface area (Å²) in [7, 11) is 0. The average Bonchev–Trinajstić information content (AvgIpc) is 2.33. The van der Waals surface area contributed by atoms with Crippen molar-refractivity contribution < 1.29 is 8.78 Å². The summed E-state index contributed by atoms with van der Waals surface area (Å²) in [6.45, 7) is 3.63. The van der Waals surface area contributed by atoms with E-state index in [2.05, 4.69) is 6.58 Å². The lowest BCUT2D eigenvalue weighted by molar-refractivity contribution is 0.511. The molecule has 0 aliphatic heterocycles. The molecule has 0 heterocycles. The van der Waals surface area contributed by atoms with E-state index in [0.29, 0.717) is 5.56 Å². The lowest BCUT2D eigenvalue weighted by Crippen LogP contribution is -1.88. The monoisotopic (exact) mass is 232 g/mol. The first-order valence-corrected chi connectivity index (χ1v) is 4.89. The van der Waals surface area contributed by atoms with E-state index >= 15 is 0 Å². The molecule has 0 atom stereocenters. The van der Waals surface area contributed by atoms with E-state index in [0.717, 1.165) is 11.6 Å². The van der Waals surface area contributed by atoms with Gasteiger partial charge in [0.2, 0.25) is 0 Å². The first kappa shape index (κ1) is 13.1. The molecule has 0 aliphatic carbocycles. The van der Waals surface area contributed by atoms with Crippen molar-refractivity contribution >= 4 is 6.08 Å². The summed E-state index contributed by atoms with van der Waals surface area (Å²) in [4.78, 5) is 0. The van der Waals surface area contributed by atoms with E-state index in [9.17, 15) is 8.78 Å². The summed E-state index contributed by atoms with van der Waals surface area (Å²) in [6.07, 6.45) is 1.70. The Morgan fingerprint density at radius 1 is 0.941 bits per heavy atom. The maximum absolute atomic E-state index is 13.5. The topological polar surface area (TPSA) is 0 Å². The molecule has 0 saturated carbocycles. The van der Waals surface area contributed by atoms with E-state index in [-0.39, 0.29) is 13.0 Å². The zero-order valence-electron chi connectivity index (χ0n) is 8.58. The highest BCUT2D eigenvalue weighted by Gasteiger charge is 2.08. The van der Waals surface area contributed by atoms with Crippen LogP contribution < -0.4 is 0 Å². The van der Waals surface area contributed by atoms with Crippen molar-refractivity contribution in [3.05, 3.63) is 66.2 Å². The third-order valence-corrected chi connectivity index (χ3v) is 2.41. The number of hydrogen-bond donors (Lipinski definition) is 0. The normalized spacial score (nSPS) is 9.53. The predicted octanol–water partition coefficient (Wildman–Crippen LogP) is 4.91. The molecule has 0 aliphatic rings. The molecular weight excluding hydrogens is 218 g/mol. The lowest BCUT2D eigenvalue weighted by Gasteiger charge is -2.04. The summed E-state index contributed by atoms with van der Waals surface area (Å²) < 4.78 is 26.5. The maximum Gasteiger partial charge on any atom is 0.166 e. The van der Waals surface area contributed by atoms with Crippen LogP contribution in [0.3, 0.4) is 0 Å². The molecule has 0 fully saturated rings. The molecule has 2 heteroatoms. The summed E-state index contributed by atoms with van der Waals surface area (Å²) in [5.74, 6) is -1.64. The van der Waals surface area contributed by atoms with Crippen molar-refractivity contribution in [2.45, 2.75) is 7.43 Å². The fraction of sp³-hybridized carbons (Fsp3) is 0.0667. The Kier molecular flexibility index (Phi) is 4.16. The molecule has 2 aromatic carbocycles. The van der Waals surface area contributed by atoms with Crippen LogP contribution in [0.4, 0.5) is 8.78 Å². The molecule has 0 N–H and O–H groups in total. The second kappa shape index (κ2) is 5.39. The lowest BCUT2D eigenvalue weighted by atomic mass is 10.0. The highest BCUT2D eigenvalue weighted by atomic mass is 19.2. The van der Waals surface area contributed by atoms with Crippen molar-refractivity contribution in [2.24, 2.45) is 0 Å². The van der Waals surface area contributed by atoms with Crippen LogP contribution in [0.5, 0.6) is 0 Å². The van der Waals surface area contributed by atoms with Crippen LogP contribution in [-0.2, 0) is 0 Å². The third-order valence-electron chi connectivity index (χ3n) is 2.41. The van der Waals surface area contributed by atoms with Crippen molar-refractivity contribution in [1.29, 1.82) is 0 Å². The molecule has 0 spiro atoms. The highest BCUT2D eigenvalue weighted by Crippen LogP contribution is 2.24. The quantitative estimate of drug-likeness (QED) is 0.690. The largest absolute Gasteiger partial charge is 0.204 e. The number of hydrogen-bond acceptors (Lipinski definition) is 0. The molecule has 2 aromatic rings. The van der Waals surface area contributed by atoms with E-state index in [1.54, 1.807) is 24.3 Å². The molecule has 0 unspecified atom stereocenters. The molecule has 0 saturated heterocycles. The van der Waals surface area contributed by atoms with Crippen molar-refractivity contribution in [3.8, 4) is 11.1 Å². The van der Waals surface area contributed by atoms with Crippen molar-refractivity contribution in [2.75, 3.05) is 0 Å². The van der Waals surface area contributed by atoms with Gasteiger partial charge in [-0.25, -0.2) is 8.78 Å². The minimum Gasteiger partial charge on any atom is -0.204 e. The summed E-state index contributed by atoms with van der Waals surface area (Å²) in [5.41, 5.74) is 1.87. The Morgan fingerprint density at radius 2 is 1.59 bits per heavy atom. The van der Waals surface area contributed by atoms with Gasteiger partial charge in [0.25, 0.3) is 0 Å². The van der Waals surface area contributed by atoms with E-state index in [4.69, 9.17) is 0 Å². The van der Waals surface area contributed by atoms with Crippen LogP contribution in [0.15, 0.2) is 49.0 Å². The van der Waals surface area contributed by atoms with Gasteiger partial charge in [-0.3, -0.25) is 0 Å². The molecular formula is C15H14F2. The van der Waals surface area contributed by atoms with E-state index in [1.807, 2.05) is 12.1 Å². The molecule has 0 bridgehead atoms. The fourth-order valence-electron chi connectivity index (χ4n) is 1.53. The molecule has 88 valence electrons. The fourth-order valence-corrected chi connectivity index (χ4v) is 1.53. The summed E-state index contributed by atoms with van der Waals surface area (Å²) >= 11 is 0. The Hall–Kier alpha value is -1.96. The Bertz CT molecular complexity index is 513. The van der Waals surface area contributed by atoms with Gasteiger partial charge in [-0.1, -0.05) is 56.5 Å². The standard InChI is InChI=1S/C14H10F2.CH4/c1-2-10-6-8-11(9-7-10)12-4-3-5-13(15)14(12)16;/h2-9H,1H2;1H4. The van der Waals surface area contributed by atoms with Gasteiger partial charge in [0, 0.05) is 5.56 Å². The zero-order chi connectivity index (χ0) is 11.5. The van der Waals surface area contributed by atoms with Gasteiger partial charge in [0.05, 0.1) is 0 Å².